The van der Waals surface area contributed by atoms with Gasteiger partial charge in [0.05, 0.1) is 5.41 Å². The van der Waals surface area contributed by atoms with Gasteiger partial charge in [0.1, 0.15) is 12.9 Å². The number of nitrogens with zero attached hydrogens (tertiary/aromatic N) is 3. The lowest BCUT2D eigenvalue weighted by molar-refractivity contribution is -0.144. The molecule has 30 heavy (non-hydrogen) atoms. The molecule has 1 aromatic heterocycles. The number of piperidine rings is 1. The van der Waals surface area contributed by atoms with Crippen LogP contribution in [0.3, 0.4) is 0 Å². The summed E-state index contributed by atoms with van der Waals surface area (Å²) >= 11 is 0. The Labute approximate surface area is 177 Å². The first-order valence-electron chi connectivity index (χ1n) is 10.4. The third kappa shape index (κ3) is 5.02. The highest BCUT2D eigenvalue weighted by atomic mass is 16.5. The number of ether oxygens (including phenoxy) is 1. The van der Waals surface area contributed by atoms with Crippen molar-refractivity contribution in [2.75, 3.05) is 26.8 Å². The molecule has 1 aromatic carbocycles. The molecule has 1 fully saturated rings. The van der Waals surface area contributed by atoms with Crippen LogP contribution in [0.1, 0.15) is 32.3 Å². The second-order valence-corrected chi connectivity index (χ2v) is 8.22. The van der Waals surface area contributed by atoms with E-state index < -0.39 is 5.41 Å². The fourth-order valence-electron chi connectivity index (χ4n) is 4.14. The molecule has 0 spiro atoms. The summed E-state index contributed by atoms with van der Waals surface area (Å²) < 4.78 is 5.04. The molecule has 2 aromatic rings. The van der Waals surface area contributed by atoms with E-state index in [1.165, 1.54) is 13.4 Å². The van der Waals surface area contributed by atoms with E-state index >= 15 is 0 Å². The largest absolute Gasteiger partial charge is 0.375 e. The minimum Gasteiger partial charge on any atom is -0.375 e. The molecule has 3 rings (SSSR count). The maximum absolute atomic E-state index is 13.4. The van der Waals surface area contributed by atoms with Crippen molar-refractivity contribution >= 4 is 11.8 Å². The predicted molar refractivity (Wildman–Crippen MR) is 115 cm³/mol. The summed E-state index contributed by atoms with van der Waals surface area (Å²) in [6.45, 7) is 4.97. The number of amides is 2. The molecule has 1 unspecified atom stereocenters. The Morgan fingerprint density at radius 3 is 2.67 bits per heavy atom. The number of hydrogen-bond donors (Lipinski definition) is 1. The summed E-state index contributed by atoms with van der Waals surface area (Å²) in [6, 6.07) is 8.05. The van der Waals surface area contributed by atoms with Crippen molar-refractivity contribution in [1.29, 1.82) is 0 Å². The van der Waals surface area contributed by atoms with Crippen LogP contribution >= 0.6 is 0 Å². The lowest BCUT2D eigenvalue weighted by Gasteiger charge is -2.42. The fraction of sp³-hybridized carbons (Fsp3) is 0.478. The lowest BCUT2D eigenvalue weighted by Crippen LogP contribution is -2.56. The van der Waals surface area contributed by atoms with E-state index in [1.54, 1.807) is 17.3 Å². The number of rotatable bonds is 7. The number of carbonyl (C=O) groups is 2. The van der Waals surface area contributed by atoms with Crippen molar-refractivity contribution in [3.05, 3.63) is 48.5 Å². The van der Waals surface area contributed by atoms with Crippen molar-refractivity contribution in [3.63, 3.8) is 0 Å². The zero-order valence-electron chi connectivity index (χ0n) is 17.9. The van der Waals surface area contributed by atoms with Crippen molar-refractivity contribution in [2.24, 2.45) is 5.41 Å². The van der Waals surface area contributed by atoms with Crippen LogP contribution < -0.4 is 5.32 Å². The molecule has 1 N–H and O–H groups in total. The van der Waals surface area contributed by atoms with Crippen LogP contribution in [0.25, 0.3) is 11.1 Å². The second kappa shape index (κ2) is 9.80. The Bertz CT molecular complexity index is 872. The van der Waals surface area contributed by atoms with Gasteiger partial charge in [-0.2, -0.15) is 0 Å². The van der Waals surface area contributed by atoms with Gasteiger partial charge in [0, 0.05) is 44.2 Å². The molecule has 7 heteroatoms. The summed E-state index contributed by atoms with van der Waals surface area (Å²) in [5.41, 5.74) is 2.27. The first-order chi connectivity index (χ1) is 14.4. The van der Waals surface area contributed by atoms with E-state index in [4.69, 9.17) is 4.74 Å². The van der Waals surface area contributed by atoms with E-state index in [0.717, 1.165) is 29.5 Å². The molecular weight excluding hydrogens is 380 g/mol. The van der Waals surface area contributed by atoms with Gasteiger partial charge < -0.3 is 15.0 Å². The summed E-state index contributed by atoms with van der Waals surface area (Å²) in [7, 11) is 1.51. The molecule has 1 saturated heterocycles. The van der Waals surface area contributed by atoms with Crippen LogP contribution in [0.15, 0.2) is 43.0 Å². The van der Waals surface area contributed by atoms with Crippen LogP contribution in [0.2, 0.25) is 0 Å². The van der Waals surface area contributed by atoms with Gasteiger partial charge in [-0.05, 0) is 44.2 Å². The molecule has 1 atom stereocenters. The van der Waals surface area contributed by atoms with Gasteiger partial charge in [-0.1, -0.05) is 24.3 Å². The lowest BCUT2D eigenvalue weighted by atomic mass is 9.73. The Hall–Kier alpha value is -2.80. The Morgan fingerprint density at radius 2 is 1.97 bits per heavy atom. The van der Waals surface area contributed by atoms with Crippen LogP contribution in [0.4, 0.5) is 0 Å². The van der Waals surface area contributed by atoms with E-state index in [1.807, 2.05) is 38.1 Å². The number of likely N-dealkylation sites (tertiary alicyclic amines) is 1. The molecule has 0 aliphatic carbocycles. The zero-order chi connectivity index (χ0) is 21.6. The average molecular weight is 411 g/mol. The normalized spacial score (nSPS) is 19.0. The van der Waals surface area contributed by atoms with Gasteiger partial charge in [0.2, 0.25) is 11.8 Å². The highest BCUT2D eigenvalue weighted by Gasteiger charge is 2.44. The van der Waals surface area contributed by atoms with E-state index in [2.05, 4.69) is 15.3 Å². The number of aromatic nitrogens is 2. The standard InChI is InChI=1S/C23H30N4O3/c1-17(2)26-22(29)23(9-6-10-27(15-23)21(28)14-30-3)11-18-7-4-5-8-20(18)19-12-24-16-25-13-19/h4-5,7-8,12-13,16-17H,6,9-11,14-15H2,1-3H3,(H,26,29). The molecular formula is C23H30N4O3. The smallest absolute Gasteiger partial charge is 0.248 e. The molecule has 1 aliphatic heterocycles. The molecule has 7 nitrogen and oxygen atoms in total. The third-order valence-corrected chi connectivity index (χ3v) is 5.52. The Kier molecular flexibility index (Phi) is 7.15. The number of benzene rings is 1. The number of nitrogens with one attached hydrogen (secondary N) is 1. The van der Waals surface area contributed by atoms with E-state index in [-0.39, 0.29) is 24.5 Å². The summed E-state index contributed by atoms with van der Waals surface area (Å²) in [5, 5.41) is 3.09. The van der Waals surface area contributed by atoms with Crippen molar-refractivity contribution in [1.82, 2.24) is 20.2 Å². The van der Waals surface area contributed by atoms with Gasteiger partial charge >= 0.3 is 0 Å². The average Bonchev–Trinajstić information content (AvgIpc) is 2.74. The SMILES string of the molecule is COCC(=O)N1CCCC(Cc2ccccc2-c2cncnc2)(C(=O)NC(C)C)C1. The van der Waals surface area contributed by atoms with Gasteiger partial charge in [0.15, 0.2) is 0 Å². The fourth-order valence-corrected chi connectivity index (χ4v) is 4.14. The second-order valence-electron chi connectivity index (χ2n) is 8.22. The van der Waals surface area contributed by atoms with Crippen LogP contribution in [0, 0.1) is 5.41 Å². The van der Waals surface area contributed by atoms with Gasteiger partial charge in [-0.15, -0.1) is 0 Å². The van der Waals surface area contributed by atoms with Crippen molar-refractivity contribution in [2.45, 2.75) is 39.2 Å². The molecule has 2 amide bonds. The van der Waals surface area contributed by atoms with Crippen molar-refractivity contribution < 1.29 is 14.3 Å². The Morgan fingerprint density at radius 1 is 1.23 bits per heavy atom. The highest BCUT2D eigenvalue weighted by Crippen LogP contribution is 2.37. The number of methoxy groups -OCH3 is 1. The van der Waals surface area contributed by atoms with Crippen molar-refractivity contribution in [3.8, 4) is 11.1 Å². The van der Waals surface area contributed by atoms with Crippen LogP contribution in [-0.4, -0.2) is 59.5 Å². The van der Waals surface area contributed by atoms with Crippen LogP contribution in [0.5, 0.6) is 0 Å². The summed E-state index contributed by atoms with van der Waals surface area (Å²) in [6.07, 6.45) is 7.10. The Balaban J connectivity index is 1.97. The summed E-state index contributed by atoms with van der Waals surface area (Å²) in [5.74, 6) is -0.0878. The quantitative estimate of drug-likeness (QED) is 0.758. The molecule has 1 aliphatic rings. The maximum Gasteiger partial charge on any atom is 0.248 e. The van der Waals surface area contributed by atoms with E-state index in [9.17, 15) is 9.59 Å². The van der Waals surface area contributed by atoms with Crippen LogP contribution in [-0.2, 0) is 20.7 Å². The maximum atomic E-state index is 13.4. The highest BCUT2D eigenvalue weighted by molar-refractivity contribution is 5.86. The molecule has 0 radical (unpaired) electrons. The van der Waals surface area contributed by atoms with Gasteiger partial charge in [-0.25, -0.2) is 9.97 Å². The third-order valence-electron chi connectivity index (χ3n) is 5.52. The molecule has 0 bridgehead atoms. The topological polar surface area (TPSA) is 84.4 Å². The number of hydrogen-bond acceptors (Lipinski definition) is 5. The molecule has 2 heterocycles. The number of carbonyl (C=O) groups excluding carboxylic acids is 2. The molecule has 160 valence electrons. The zero-order valence-corrected chi connectivity index (χ0v) is 17.9. The van der Waals surface area contributed by atoms with Gasteiger partial charge in [-0.3, -0.25) is 9.59 Å². The minimum absolute atomic E-state index is 0.00784. The predicted octanol–water partition coefficient (Wildman–Crippen LogP) is 2.47. The minimum atomic E-state index is -0.697. The first-order valence-corrected chi connectivity index (χ1v) is 10.4. The monoisotopic (exact) mass is 410 g/mol. The summed E-state index contributed by atoms with van der Waals surface area (Å²) in [4.78, 5) is 36.0. The van der Waals surface area contributed by atoms with Gasteiger partial charge in [0.25, 0.3) is 0 Å². The van der Waals surface area contributed by atoms with E-state index in [0.29, 0.717) is 19.5 Å². The first kappa shape index (κ1) is 21.9. The molecule has 0 saturated carbocycles.